The lowest BCUT2D eigenvalue weighted by molar-refractivity contribution is 0.0946. The van der Waals surface area contributed by atoms with Gasteiger partial charge in [-0.1, -0.05) is 12.1 Å². The predicted molar refractivity (Wildman–Crippen MR) is 219 cm³/mol. The van der Waals surface area contributed by atoms with Crippen molar-refractivity contribution in [1.29, 1.82) is 5.26 Å². The second kappa shape index (κ2) is 23.4. The third kappa shape index (κ3) is 14.2. The van der Waals surface area contributed by atoms with Gasteiger partial charge in [-0.05, 0) is 80.6 Å². The summed E-state index contributed by atoms with van der Waals surface area (Å²) in [5, 5.41) is 16.4. The second-order valence-corrected chi connectivity index (χ2v) is 16.5. The van der Waals surface area contributed by atoms with Crippen LogP contribution in [-0.2, 0) is 29.5 Å². The number of ether oxygens (including phenoxy) is 6. The van der Waals surface area contributed by atoms with Crippen LogP contribution in [-0.4, -0.2) is 95.0 Å². The van der Waals surface area contributed by atoms with Crippen molar-refractivity contribution in [3.63, 3.8) is 0 Å². The molecule has 2 heterocycles. The molecule has 0 saturated carbocycles. The highest BCUT2D eigenvalue weighted by atomic mass is 32.2. The number of hydrogen-bond donors (Lipinski definition) is 3. The quantitative estimate of drug-likeness (QED) is 0.0855. The van der Waals surface area contributed by atoms with Gasteiger partial charge in [-0.15, -0.1) is 0 Å². The number of rotatable bonds is 15. The molecule has 57 heavy (non-hydrogen) atoms. The lowest BCUT2D eigenvalue weighted by Gasteiger charge is -2.23. The van der Waals surface area contributed by atoms with Crippen LogP contribution in [0.1, 0.15) is 43.3 Å². The standard InChI is InChI=1S/C18H24N4O5S2.C9H9NO2S.C8H13N3O3S/c1-11-9-19-17(20-10-11)16(27-5)12(2)29(23,24)22-18(28)21-15-13(25-3)7-6-8-14(15)26-4;1-11-7-4-3-5-8(12-2)9(7)13-6-10;1-6(15(9,12)13)7(14-2)8-10-4-3-5-11-8/h6-10,12,16H,1-5H3,(H2,21,22,28);3-5H,1-2H3;3-7H,1-2H3,(H2,9,12,13)/t12-,16-;;6-,7-/m0.0/s1. The zero-order valence-electron chi connectivity index (χ0n) is 32.7. The largest absolute Gasteiger partial charge is 0.495 e. The third-order valence-corrected chi connectivity index (χ3v) is 11.7. The number of methoxy groups -OCH3 is 6. The van der Waals surface area contributed by atoms with E-state index >= 15 is 0 Å². The average molecular weight is 867 g/mol. The normalized spacial score (nSPS) is 13.0. The molecule has 2 aromatic heterocycles. The highest BCUT2D eigenvalue weighted by Crippen LogP contribution is 2.37. The van der Waals surface area contributed by atoms with E-state index in [1.165, 1.54) is 54.7 Å². The van der Waals surface area contributed by atoms with Gasteiger partial charge in [-0.3, -0.25) is 4.72 Å². The number of sulfonamides is 2. The topological polar surface area (TPSA) is 249 Å². The van der Waals surface area contributed by atoms with Gasteiger partial charge in [0.15, 0.2) is 16.8 Å². The van der Waals surface area contributed by atoms with Gasteiger partial charge in [0, 0.05) is 39.0 Å². The Labute approximate surface area is 342 Å². The molecule has 22 heteroatoms. The number of benzene rings is 2. The van der Waals surface area contributed by atoms with Crippen LogP contribution in [0.2, 0.25) is 0 Å². The van der Waals surface area contributed by atoms with Gasteiger partial charge < -0.3 is 33.7 Å². The van der Waals surface area contributed by atoms with Crippen molar-refractivity contribution >= 4 is 54.8 Å². The summed E-state index contributed by atoms with van der Waals surface area (Å²) in [7, 11) is 1.30. The molecule has 0 saturated heterocycles. The lowest BCUT2D eigenvalue weighted by atomic mass is 10.2. The Hall–Kier alpha value is -4.89. The summed E-state index contributed by atoms with van der Waals surface area (Å²) in [6, 6.07) is 12.2. The summed E-state index contributed by atoms with van der Waals surface area (Å²) in [6.07, 6.45) is 4.61. The Balaban J connectivity index is 0.000000333. The van der Waals surface area contributed by atoms with E-state index in [0.29, 0.717) is 34.5 Å². The first-order valence-corrected chi connectivity index (χ1v) is 20.8. The number of para-hydroxylation sites is 1. The fraction of sp³-hybridized carbons (Fsp3) is 0.371. The minimum atomic E-state index is -3.93. The molecule has 0 spiro atoms. The van der Waals surface area contributed by atoms with Gasteiger partial charge in [0.25, 0.3) is 0 Å². The first-order chi connectivity index (χ1) is 27.0. The van der Waals surface area contributed by atoms with Crippen LogP contribution >= 0.6 is 24.0 Å². The van der Waals surface area contributed by atoms with E-state index in [1.807, 2.05) is 18.4 Å². The molecule has 0 aliphatic heterocycles. The number of nitriles is 1. The summed E-state index contributed by atoms with van der Waals surface area (Å²) >= 11 is 6.22. The number of aryl methyl sites for hydroxylation is 1. The van der Waals surface area contributed by atoms with Gasteiger partial charge in [0.05, 0.1) is 28.4 Å². The molecule has 0 amide bonds. The SMILES string of the molecule is CO[C@H](c1ncccn1)[C@H](C)S(N)(=O)=O.COc1cccc(OC)c1NC(=S)NS(=O)(=O)[C@@H](C)[C@H](OC)c1ncc(C)cn1.COc1cccc(OC)c1SC#N. The fourth-order valence-electron chi connectivity index (χ4n) is 4.66. The van der Waals surface area contributed by atoms with E-state index in [0.717, 1.165) is 22.2 Å². The van der Waals surface area contributed by atoms with Crippen LogP contribution < -0.4 is 34.1 Å². The molecule has 4 N–H and O–H groups in total. The number of nitrogens with one attached hydrogen (secondary N) is 2. The fourth-order valence-corrected chi connectivity index (χ4v) is 7.33. The zero-order chi connectivity index (χ0) is 42.8. The van der Waals surface area contributed by atoms with Crippen LogP contribution in [0.15, 0.2) is 72.1 Å². The van der Waals surface area contributed by atoms with Crippen molar-refractivity contribution in [2.24, 2.45) is 5.14 Å². The lowest BCUT2D eigenvalue weighted by Crippen LogP contribution is -2.42. The van der Waals surface area contributed by atoms with Crippen molar-refractivity contribution in [3.05, 3.63) is 84.5 Å². The Bertz CT molecular complexity index is 2100. The van der Waals surface area contributed by atoms with Crippen LogP contribution in [0.5, 0.6) is 23.0 Å². The van der Waals surface area contributed by atoms with Crippen molar-refractivity contribution in [2.75, 3.05) is 48.0 Å². The molecule has 0 aliphatic carbocycles. The smallest absolute Gasteiger partial charge is 0.240 e. The number of thioether (sulfide) groups is 1. The number of nitrogens with two attached hydrogens (primary N) is 1. The zero-order valence-corrected chi connectivity index (χ0v) is 36.0. The molecule has 0 radical (unpaired) electrons. The molecule has 0 aliphatic rings. The van der Waals surface area contributed by atoms with Gasteiger partial charge >= 0.3 is 0 Å². The second-order valence-electron chi connectivity index (χ2n) is 11.4. The van der Waals surface area contributed by atoms with Crippen molar-refractivity contribution in [2.45, 2.75) is 48.4 Å². The van der Waals surface area contributed by atoms with Crippen LogP contribution in [0.3, 0.4) is 0 Å². The highest BCUT2D eigenvalue weighted by Gasteiger charge is 2.34. The first kappa shape index (κ1) is 48.3. The van der Waals surface area contributed by atoms with Crippen LogP contribution in [0.25, 0.3) is 0 Å². The third-order valence-electron chi connectivity index (χ3n) is 7.70. The Morgan fingerprint density at radius 1 is 0.754 bits per heavy atom. The van der Waals surface area contributed by atoms with Gasteiger partial charge in [-0.25, -0.2) is 41.9 Å². The van der Waals surface area contributed by atoms with Crippen LogP contribution in [0, 0.1) is 17.6 Å². The summed E-state index contributed by atoms with van der Waals surface area (Å²) in [5.41, 5.74) is 1.26. The number of thiocarbonyl (C=S) groups is 1. The summed E-state index contributed by atoms with van der Waals surface area (Å²) in [6.45, 7) is 4.79. The maximum Gasteiger partial charge on any atom is 0.240 e. The van der Waals surface area contributed by atoms with E-state index in [-0.39, 0.29) is 10.9 Å². The van der Waals surface area contributed by atoms with E-state index in [4.69, 9.17) is 51.0 Å². The van der Waals surface area contributed by atoms with Crippen molar-refractivity contribution in [3.8, 4) is 28.4 Å². The molecular formula is C35H46N8O10S4. The van der Waals surface area contributed by atoms with E-state index in [1.54, 1.807) is 63.0 Å². The number of hydrogen-bond acceptors (Lipinski definition) is 17. The Morgan fingerprint density at radius 2 is 1.19 bits per heavy atom. The van der Waals surface area contributed by atoms with E-state index < -0.39 is 42.8 Å². The van der Waals surface area contributed by atoms with Gasteiger partial charge in [-0.2, -0.15) is 5.26 Å². The monoisotopic (exact) mass is 866 g/mol. The Kier molecular flexibility index (Phi) is 19.8. The maximum absolute atomic E-state index is 12.8. The number of aromatic nitrogens is 4. The van der Waals surface area contributed by atoms with E-state index in [9.17, 15) is 16.8 Å². The highest BCUT2D eigenvalue weighted by molar-refractivity contribution is 8.04. The number of nitrogens with zero attached hydrogens (tertiary/aromatic N) is 5. The predicted octanol–water partition coefficient (Wildman–Crippen LogP) is 4.31. The molecule has 2 aromatic carbocycles. The molecule has 0 unspecified atom stereocenters. The minimum absolute atomic E-state index is 0.140. The van der Waals surface area contributed by atoms with Crippen molar-refractivity contribution < 1.29 is 45.3 Å². The van der Waals surface area contributed by atoms with Gasteiger partial charge in [0.1, 0.15) is 61.7 Å². The van der Waals surface area contributed by atoms with Gasteiger partial charge in [0.2, 0.25) is 20.0 Å². The minimum Gasteiger partial charge on any atom is -0.495 e. The molecule has 18 nitrogen and oxygen atoms in total. The summed E-state index contributed by atoms with van der Waals surface area (Å²) in [5.74, 6) is 2.78. The summed E-state index contributed by atoms with van der Waals surface area (Å²) < 4.78 is 81.4. The molecule has 4 aromatic rings. The van der Waals surface area contributed by atoms with Crippen LogP contribution in [0.4, 0.5) is 5.69 Å². The molecule has 4 atom stereocenters. The first-order valence-electron chi connectivity index (χ1n) is 16.5. The maximum atomic E-state index is 12.8. The number of thiocyanates is 1. The number of anilines is 1. The molecule has 0 bridgehead atoms. The molecular weight excluding hydrogens is 821 g/mol. The number of primary sulfonamides is 1. The molecule has 310 valence electrons. The molecule has 4 rings (SSSR count). The summed E-state index contributed by atoms with van der Waals surface area (Å²) in [4.78, 5) is 16.9. The van der Waals surface area contributed by atoms with E-state index in [2.05, 4.69) is 30.0 Å². The average Bonchev–Trinajstić information content (AvgIpc) is 3.19. The Morgan fingerprint density at radius 3 is 1.61 bits per heavy atom. The molecule has 0 fully saturated rings. The van der Waals surface area contributed by atoms with Crippen molar-refractivity contribution in [1.82, 2.24) is 24.7 Å².